The lowest BCUT2D eigenvalue weighted by Gasteiger charge is -2.19. The Morgan fingerprint density at radius 1 is 1.38 bits per heavy atom. The molecule has 0 saturated carbocycles. The van der Waals surface area contributed by atoms with E-state index in [1.165, 1.54) is 7.11 Å². The second-order valence-electron chi connectivity index (χ2n) is 5.07. The maximum absolute atomic E-state index is 11.8. The Labute approximate surface area is 123 Å². The van der Waals surface area contributed by atoms with Gasteiger partial charge in [-0.2, -0.15) is 4.98 Å². The van der Waals surface area contributed by atoms with Gasteiger partial charge in [0.25, 0.3) is 0 Å². The summed E-state index contributed by atoms with van der Waals surface area (Å²) in [7, 11) is 3.23. The Balaban J connectivity index is 2.20. The fraction of sp³-hybridized carbons (Fsp3) is 0.400. The largest absolute Gasteiger partial charge is 0.465 e. The zero-order chi connectivity index (χ0) is 15.4. The molecule has 2 aromatic rings. The predicted octanol–water partition coefficient (Wildman–Crippen LogP) is 2.62. The number of esters is 1. The number of hydrogen-bond acceptors (Lipinski definition) is 6. The highest BCUT2D eigenvalue weighted by atomic mass is 16.5. The molecule has 112 valence electrons. The molecule has 0 N–H and O–H groups in total. The molecule has 6 heteroatoms. The average molecular weight is 289 g/mol. The van der Waals surface area contributed by atoms with Crippen LogP contribution in [0.3, 0.4) is 0 Å². The number of hydrogen-bond donors (Lipinski definition) is 0. The van der Waals surface area contributed by atoms with Crippen molar-refractivity contribution in [3.63, 3.8) is 0 Å². The van der Waals surface area contributed by atoms with Crippen LogP contribution in [0.25, 0.3) is 0 Å². The Bertz CT molecular complexity index is 622. The first kappa shape index (κ1) is 15.0. The van der Waals surface area contributed by atoms with Crippen LogP contribution in [-0.2, 0) is 11.3 Å². The summed E-state index contributed by atoms with van der Waals surface area (Å²) in [6.07, 6.45) is 0. The standard InChI is InChI=1S/C15H19N3O3/c1-10(2)14-16-13(21-17-14)9-18(3)12-8-6-5-7-11(12)15(19)20-4/h5-8,10H,9H2,1-4H3. The highest BCUT2D eigenvalue weighted by Gasteiger charge is 2.17. The van der Waals surface area contributed by atoms with Crippen molar-refractivity contribution >= 4 is 11.7 Å². The van der Waals surface area contributed by atoms with Gasteiger partial charge in [0.15, 0.2) is 5.82 Å². The monoisotopic (exact) mass is 289 g/mol. The van der Waals surface area contributed by atoms with Gasteiger partial charge < -0.3 is 14.2 Å². The molecule has 0 radical (unpaired) electrons. The minimum Gasteiger partial charge on any atom is -0.465 e. The quantitative estimate of drug-likeness (QED) is 0.788. The molecule has 0 bridgehead atoms. The summed E-state index contributed by atoms with van der Waals surface area (Å²) in [5.41, 5.74) is 1.26. The van der Waals surface area contributed by atoms with Gasteiger partial charge in [-0.3, -0.25) is 0 Å². The van der Waals surface area contributed by atoms with E-state index in [0.29, 0.717) is 23.8 Å². The first-order valence-corrected chi connectivity index (χ1v) is 6.74. The molecule has 0 saturated heterocycles. The van der Waals surface area contributed by atoms with Crippen LogP contribution in [0.15, 0.2) is 28.8 Å². The minimum absolute atomic E-state index is 0.218. The van der Waals surface area contributed by atoms with Crippen molar-refractivity contribution in [1.82, 2.24) is 10.1 Å². The maximum atomic E-state index is 11.8. The smallest absolute Gasteiger partial charge is 0.339 e. The van der Waals surface area contributed by atoms with E-state index in [2.05, 4.69) is 10.1 Å². The summed E-state index contributed by atoms with van der Waals surface area (Å²) in [6, 6.07) is 7.25. The van der Waals surface area contributed by atoms with Gasteiger partial charge >= 0.3 is 5.97 Å². The number of anilines is 1. The molecule has 2 rings (SSSR count). The Morgan fingerprint density at radius 2 is 2.10 bits per heavy atom. The first-order chi connectivity index (χ1) is 10.0. The topological polar surface area (TPSA) is 68.5 Å². The van der Waals surface area contributed by atoms with Gasteiger partial charge in [0.05, 0.1) is 24.9 Å². The third-order valence-corrected chi connectivity index (χ3v) is 3.09. The number of para-hydroxylation sites is 1. The first-order valence-electron chi connectivity index (χ1n) is 6.74. The number of carbonyl (C=O) groups is 1. The molecule has 0 spiro atoms. The second kappa shape index (κ2) is 6.39. The average Bonchev–Trinajstić information content (AvgIpc) is 2.95. The summed E-state index contributed by atoms with van der Waals surface area (Å²) in [5.74, 6) is 1.04. The van der Waals surface area contributed by atoms with Gasteiger partial charge in [-0.25, -0.2) is 4.79 Å². The summed E-state index contributed by atoms with van der Waals surface area (Å²) in [6.45, 7) is 4.43. The molecular formula is C15H19N3O3. The van der Waals surface area contributed by atoms with Gasteiger partial charge in [-0.05, 0) is 12.1 Å². The van der Waals surface area contributed by atoms with E-state index in [9.17, 15) is 4.79 Å². The minimum atomic E-state index is -0.370. The molecule has 1 aromatic heterocycles. The van der Waals surface area contributed by atoms with E-state index >= 15 is 0 Å². The van der Waals surface area contributed by atoms with Crippen LogP contribution in [0.4, 0.5) is 5.69 Å². The molecule has 1 aromatic carbocycles. The van der Waals surface area contributed by atoms with Crippen molar-refractivity contribution in [2.75, 3.05) is 19.1 Å². The molecule has 1 heterocycles. The van der Waals surface area contributed by atoms with E-state index in [0.717, 1.165) is 5.69 Å². The van der Waals surface area contributed by atoms with Crippen LogP contribution in [0.2, 0.25) is 0 Å². The summed E-state index contributed by atoms with van der Waals surface area (Å²) < 4.78 is 10.0. The number of nitrogens with zero attached hydrogens (tertiary/aromatic N) is 3. The molecule has 0 aliphatic rings. The number of methoxy groups -OCH3 is 1. The van der Waals surface area contributed by atoms with E-state index in [4.69, 9.17) is 9.26 Å². The number of benzene rings is 1. The van der Waals surface area contributed by atoms with Gasteiger partial charge in [0.2, 0.25) is 5.89 Å². The summed E-state index contributed by atoms with van der Waals surface area (Å²) >= 11 is 0. The normalized spacial score (nSPS) is 10.7. The van der Waals surface area contributed by atoms with Crippen molar-refractivity contribution in [2.24, 2.45) is 0 Å². The van der Waals surface area contributed by atoms with Crippen LogP contribution in [0.1, 0.15) is 41.8 Å². The second-order valence-corrected chi connectivity index (χ2v) is 5.07. The van der Waals surface area contributed by atoms with Crippen LogP contribution >= 0.6 is 0 Å². The van der Waals surface area contributed by atoms with Crippen molar-refractivity contribution < 1.29 is 14.1 Å². The van der Waals surface area contributed by atoms with E-state index < -0.39 is 0 Å². The van der Waals surface area contributed by atoms with Crippen LogP contribution in [0.5, 0.6) is 0 Å². The van der Waals surface area contributed by atoms with Crippen molar-refractivity contribution in [3.05, 3.63) is 41.5 Å². The van der Waals surface area contributed by atoms with E-state index in [-0.39, 0.29) is 11.9 Å². The molecule has 6 nitrogen and oxygen atoms in total. The van der Waals surface area contributed by atoms with E-state index in [1.54, 1.807) is 12.1 Å². The van der Waals surface area contributed by atoms with Crippen molar-refractivity contribution in [3.8, 4) is 0 Å². The molecule has 0 amide bonds. The lowest BCUT2D eigenvalue weighted by atomic mass is 10.1. The molecule has 0 aliphatic heterocycles. The fourth-order valence-corrected chi connectivity index (χ4v) is 1.94. The lowest BCUT2D eigenvalue weighted by Crippen LogP contribution is -2.20. The third-order valence-electron chi connectivity index (χ3n) is 3.09. The van der Waals surface area contributed by atoms with Crippen LogP contribution < -0.4 is 4.90 Å². The van der Waals surface area contributed by atoms with Crippen molar-refractivity contribution in [1.29, 1.82) is 0 Å². The zero-order valence-electron chi connectivity index (χ0n) is 12.7. The van der Waals surface area contributed by atoms with Gasteiger partial charge in [-0.15, -0.1) is 0 Å². The SMILES string of the molecule is COC(=O)c1ccccc1N(C)Cc1nc(C(C)C)no1. The Hall–Kier alpha value is -2.37. The molecule has 0 aliphatic carbocycles. The number of aromatic nitrogens is 2. The molecule has 21 heavy (non-hydrogen) atoms. The summed E-state index contributed by atoms with van der Waals surface area (Å²) in [5, 5.41) is 3.93. The maximum Gasteiger partial charge on any atom is 0.339 e. The molecule has 0 fully saturated rings. The number of carbonyl (C=O) groups excluding carboxylic acids is 1. The highest BCUT2D eigenvalue weighted by molar-refractivity contribution is 5.95. The van der Waals surface area contributed by atoms with Crippen LogP contribution in [0, 0.1) is 0 Å². The summed E-state index contributed by atoms with van der Waals surface area (Å²) in [4.78, 5) is 18.0. The van der Waals surface area contributed by atoms with Gasteiger partial charge in [0.1, 0.15) is 0 Å². The highest BCUT2D eigenvalue weighted by Crippen LogP contribution is 2.21. The fourth-order valence-electron chi connectivity index (χ4n) is 1.94. The molecular weight excluding hydrogens is 270 g/mol. The number of rotatable bonds is 5. The molecule has 0 unspecified atom stereocenters. The third kappa shape index (κ3) is 3.39. The van der Waals surface area contributed by atoms with Crippen molar-refractivity contribution in [2.45, 2.75) is 26.3 Å². The number of ether oxygens (including phenoxy) is 1. The van der Waals surface area contributed by atoms with Gasteiger partial charge in [0, 0.05) is 13.0 Å². The predicted molar refractivity (Wildman–Crippen MR) is 78.3 cm³/mol. The molecule has 0 atom stereocenters. The Kier molecular flexibility index (Phi) is 4.57. The Morgan fingerprint density at radius 3 is 2.71 bits per heavy atom. The van der Waals surface area contributed by atoms with Gasteiger partial charge in [-0.1, -0.05) is 31.1 Å². The van der Waals surface area contributed by atoms with Crippen LogP contribution in [-0.4, -0.2) is 30.3 Å². The lowest BCUT2D eigenvalue weighted by molar-refractivity contribution is 0.0601. The van der Waals surface area contributed by atoms with E-state index in [1.807, 2.05) is 37.9 Å². The zero-order valence-corrected chi connectivity index (χ0v) is 12.7.